The number of benzene rings is 2. The average molecular weight is 335 g/mol. The Labute approximate surface area is 138 Å². The molecule has 0 aromatic heterocycles. The minimum Gasteiger partial charge on any atom is -0.494 e. The van der Waals surface area contributed by atoms with Gasteiger partial charge in [0.05, 0.1) is 19.3 Å². The number of methoxy groups -OCH3 is 1. The van der Waals surface area contributed by atoms with Gasteiger partial charge < -0.3 is 14.2 Å². The van der Waals surface area contributed by atoms with Crippen LogP contribution >= 0.6 is 11.6 Å². The zero-order valence-corrected chi connectivity index (χ0v) is 13.4. The molecule has 0 unspecified atom stereocenters. The van der Waals surface area contributed by atoms with E-state index in [9.17, 15) is 9.59 Å². The maximum atomic E-state index is 12.3. The van der Waals surface area contributed by atoms with Crippen molar-refractivity contribution in [3.8, 4) is 11.5 Å². The molecule has 0 fully saturated rings. The molecule has 120 valence electrons. The monoisotopic (exact) mass is 334 g/mol. The van der Waals surface area contributed by atoms with Crippen LogP contribution in [0.1, 0.15) is 27.6 Å². The molecule has 6 heteroatoms. The van der Waals surface area contributed by atoms with Crippen molar-refractivity contribution >= 4 is 23.5 Å². The van der Waals surface area contributed by atoms with E-state index in [2.05, 4.69) is 4.74 Å². The molecule has 5 nitrogen and oxygen atoms in total. The van der Waals surface area contributed by atoms with Crippen LogP contribution in [-0.2, 0) is 4.74 Å². The Balaban J connectivity index is 2.26. The van der Waals surface area contributed by atoms with Gasteiger partial charge in [0.2, 0.25) is 0 Å². The van der Waals surface area contributed by atoms with E-state index in [1.165, 1.54) is 25.3 Å². The highest BCUT2D eigenvalue weighted by molar-refractivity contribution is 6.31. The number of hydrogen-bond acceptors (Lipinski definition) is 5. The molecular weight excluding hydrogens is 320 g/mol. The molecule has 0 bridgehead atoms. The lowest BCUT2D eigenvalue weighted by molar-refractivity contribution is 0.0593. The predicted octanol–water partition coefficient (Wildman–Crippen LogP) is 3.74. The molecule has 0 N–H and O–H groups in total. The Morgan fingerprint density at radius 1 is 1.09 bits per heavy atom. The standard InChI is InChI=1S/C17H15ClO5/c1-3-22-13-6-4-5-11(9-13)16(19)23-15-8-7-12(18)10-14(15)17(20)21-2/h4-10H,3H2,1-2H3. The first-order valence-corrected chi connectivity index (χ1v) is 7.26. The zero-order chi connectivity index (χ0) is 16.8. The molecule has 2 rings (SSSR count). The van der Waals surface area contributed by atoms with Crippen LogP contribution in [-0.4, -0.2) is 25.7 Å². The highest BCUT2D eigenvalue weighted by Gasteiger charge is 2.18. The van der Waals surface area contributed by atoms with Gasteiger partial charge in [-0.05, 0) is 43.3 Å². The second kappa shape index (κ2) is 7.65. The van der Waals surface area contributed by atoms with Gasteiger partial charge in [0.25, 0.3) is 0 Å². The van der Waals surface area contributed by atoms with Crippen LogP contribution < -0.4 is 9.47 Å². The quantitative estimate of drug-likeness (QED) is 0.615. The van der Waals surface area contributed by atoms with Crippen LogP contribution in [0.15, 0.2) is 42.5 Å². The van der Waals surface area contributed by atoms with Crippen molar-refractivity contribution in [2.24, 2.45) is 0 Å². The Kier molecular flexibility index (Phi) is 5.60. The van der Waals surface area contributed by atoms with Crippen LogP contribution in [0, 0.1) is 0 Å². The largest absolute Gasteiger partial charge is 0.494 e. The molecule has 0 aliphatic heterocycles. The van der Waals surface area contributed by atoms with Crippen molar-refractivity contribution in [3.63, 3.8) is 0 Å². The highest BCUT2D eigenvalue weighted by atomic mass is 35.5. The van der Waals surface area contributed by atoms with Gasteiger partial charge in [0.1, 0.15) is 17.1 Å². The van der Waals surface area contributed by atoms with Gasteiger partial charge in [-0.25, -0.2) is 9.59 Å². The number of esters is 2. The molecule has 2 aromatic rings. The third kappa shape index (κ3) is 4.23. The summed E-state index contributed by atoms with van der Waals surface area (Å²) in [5, 5.41) is 0.337. The maximum Gasteiger partial charge on any atom is 0.343 e. The summed E-state index contributed by atoms with van der Waals surface area (Å²) in [6.45, 7) is 2.34. The van der Waals surface area contributed by atoms with Gasteiger partial charge in [0.15, 0.2) is 0 Å². The summed E-state index contributed by atoms with van der Waals surface area (Å²) in [4.78, 5) is 24.0. The molecule has 0 spiro atoms. The summed E-state index contributed by atoms with van der Waals surface area (Å²) in [5.41, 5.74) is 0.385. The van der Waals surface area contributed by atoms with E-state index in [-0.39, 0.29) is 11.3 Å². The topological polar surface area (TPSA) is 61.8 Å². The highest BCUT2D eigenvalue weighted by Crippen LogP contribution is 2.25. The van der Waals surface area contributed by atoms with Crippen LogP contribution in [0.4, 0.5) is 0 Å². The van der Waals surface area contributed by atoms with Gasteiger partial charge in [-0.3, -0.25) is 0 Å². The summed E-state index contributed by atoms with van der Waals surface area (Å²) in [6, 6.07) is 10.9. The van der Waals surface area contributed by atoms with Crippen molar-refractivity contribution in [2.45, 2.75) is 6.92 Å². The van der Waals surface area contributed by atoms with Gasteiger partial charge in [-0.1, -0.05) is 17.7 Å². The fourth-order valence-corrected chi connectivity index (χ4v) is 2.07. The van der Waals surface area contributed by atoms with E-state index in [4.69, 9.17) is 21.1 Å². The van der Waals surface area contributed by atoms with Crippen LogP contribution in [0.2, 0.25) is 5.02 Å². The van der Waals surface area contributed by atoms with Crippen molar-refractivity contribution in [1.82, 2.24) is 0 Å². The van der Waals surface area contributed by atoms with Crippen molar-refractivity contribution in [2.75, 3.05) is 13.7 Å². The molecule has 2 aromatic carbocycles. The summed E-state index contributed by atoms with van der Waals surface area (Å²) in [5.74, 6) is -0.614. The van der Waals surface area contributed by atoms with E-state index in [1.807, 2.05) is 6.92 Å². The van der Waals surface area contributed by atoms with Gasteiger partial charge >= 0.3 is 11.9 Å². The minimum atomic E-state index is -0.640. The Morgan fingerprint density at radius 3 is 2.57 bits per heavy atom. The minimum absolute atomic E-state index is 0.0769. The number of hydrogen-bond donors (Lipinski definition) is 0. The average Bonchev–Trinajstić information content (AvgIpc) is 2.56. The maximum absolute atomic E-state index is 12.3. The lowest BCUT2D eigenvalue weighted by Crippen LogP contribution is -2.12. The third-order valence-electron chi connectivity index (χ3n) is 2.93. The summed E-state index contributed by atoms with van der Waals surface area (Å²) in [7, 11) is 1.24. The second-order valence-electron chi connectivity index (χ2n) is 4.48. The molecule has 0 aliphatic rings. The molecule has 0 saturated carbocycles. The van der Waals surface area contributed by atoms with Crippen LogP contribution in [0.3, 0.4) is 0 Å². The van der Waals surface area contributed by atoms with E-state index in [0.29, 0.717) is 22.9 Å². The van der Waals surface area contributed by atoms with Crippen molar-refractivity contribution in [3.05, 3.63) is 58.6 Å². The van der Waals surface area contributed by atoms with E-state index < -0.39 is 11.9 Å². The van der Waals surface area contributed by atoms with Gasteiger partial charge in [0, 0.05) is 5.02 Å². The van der Waals surface area contributed by atoms with Crippen molar-refractivity contribution < 1.29 is 23.8 Å². The second-order valence-corrected chi connectivity index (χ2v) is 4.92. The van der Waals surface area contributed by atoms with Gasteiger partial charge in [-0.2, -0.15) is 0 Å². The summed E-state index contributed by atoms with van der Waals surface area (Å²) in [6.07, 6.45) is 0. The number of carbonyl (C=O) groups excluding carboxylic acids is 2. The first kappa shape index (κ1) is 16.8. The Morgan fingerprint density at radius 2 is 1.87 bits per heavy atom. The zero-order valence-electron chi connectivity index (χ0n) is 12.7. The number of rotatable bonds is 5. The first-order valence-electron chi connectivity index (χ1n) is 6.88. The smallest absolute Gasteiger partial charge is 0.343 e. The molecule has 0 saturated heterocycles. The lowest BCUT2D eigenvalue weighted by Gasteiger charge is -2.10. The normalized spacial score (nSPS) is 10.0. The lowest BCUT2D eigenvalue weighted by atomic mass is 10.2. The van der Waals surface area contributed by atoms with Crippen LogP contribution in [0.5, 0.6) is 11.5 Å². The number of ether oxygens (including phenoxy) is 3. The summed E-state index contributed by atoms with van der Waals surface area (Å²) >= 11 is 5.86. The molecule has 0 heterocycles. The fraction of sp³-hybridized carbons (Fsp3) is 0.176. The van der Waals surface area contributed by atoms with Crippen molar-refractivity contribution in [1.29, 1.82) is 0 Å². The molecular formula is C17H15ClO5. The first-order chi connectivity index (χ1) is 11.0. The van der Waals surface area contributed by atoms with Crippen LogP contribution in [0.25, 0.3) is 0 Å². The SMILES string of the molecule is CCOc1cccc(C(=O)Oc2ccc(Cl)cc2C(=O)OC)c1. The summed E-state index contributed by atoms with van der Waals surface area (Å²) < 4.78 is 15.3. The van der Waals surface area contributed by atoms with E-state index in [0.717, 1.165) is 0 Å². The Hall–Kier alpha value is -2.53. The fourth-order valence-electron chi connectivity index (χ4n) is 1.90. The van der Waals surface area contributed by atoms with E-state index in [1.54, 1.807) is 24.3 Å². The molecule has 0 radical (unpaired) electrons. The predicted molar refractivity (Wildman–Crippen MR) is 85.4 cm³/mol. The van der Waals surface area contributed by atoms with Gasteiger partial charge in [-0.15, -0.1) is 0 Å². The molecule has 0 atom stereocenters. The number of carbonyl (C=O) groups is 2. The van der Waals surface area contributed by atoms with E-state index >= 15 is 0 Å². The molecule has 0 aliphatic carbocycles. The Bertz CT molecular complexity index is 727. The molecule has 0 amide bonds. The third-order valence-corrected chi connectivity index (χ3v) is 3.17. The molecule has 23 heavy (non-hydrogen) atoms. The number of halogens is 1.